The van der Waals surface area contributed by atoms with Crippen molar-refractivity contribution in [3.63, 3.8) is 0 Å². The molecule has 3 aromatic rings. The van der Waals surface area contributed by atoms with Crippen molar-refractivity contribution < 1.29 is 4.79 Å². The summed E-state index contributed by atoms with van der Waals surface area (Å²) < 4.78 is 0. The van der Waals surface area contributed by atoms with Gasteiger partial charge < -0.3 is 10.3 Å². The largest absolute Gasteiger partial charge is 0.344 e. The molecule has 0 spiro atoms. The van der Waals surface area contributed by atoms with Gasteiger partial charge in [-0.25, -0.2) is 4.98 Å². The first-order valence-electron chi connectivity index (χ1n) is 7.02. The van der Waals surface area contributed by atoms with Crippen LogP contribution >= 0.6 is 11.3 Å². The summed E-state index contributed by atoms with van der Waals surface area (Å²) in [6.45, 7) is 2.53. The molecule has 0 aliphatic heterocycles. The summed E-state index contributed by atoms with van der Waals surface area (Å²) >= 11 is 1.67. The molecule has 0 saturated heterocycles. The van der Waals surface area contributed by atoms with E-state index < -0.39 is 0 Å². The smallest absolute Gasteiger partial charge is 0.287 e. The molecule has 0 saturated carbocycles. The van der Waals surface area contributed by atoms with Gasteiger partial charge >= 0.3 is 0 Å². The molecule has 2 heterocycles. The Morgan fingerprint density at radius 1 is 1.23 bits per heavy atom. The van der Waals surface area contributed by atoms with Crippen LogP contribution in [0.2, 0.25) is 0 Å². The number of carbonyl (C=O) groups is 1. The first-order chi connectivity index (χ1) is 10.7. The van der Waals surface area contributed by atoms with Crippen LogP contribution in [0.4, 0.5) is 0 Å². The zero-order valence-corrected chi connectivity index (χ0v) is 12.9. The maximum absolute atomic E-state index is 12.2. The topological polar surface area (TPSA) is 74.8 Å². The van der Waals surface area contributed by atoms with E-state index in [1.165, 1.54) is 4.88 Å². The van der Waals surface area contributed by atoms with Crippen LogP contribution in [0, 0.1) is 0 Å². The van der Waals surface area contributed by atoms with Gasteiger partial charge in [-0.05, 0) is 30.7 Å². The van der Waals surface area contributed by atoms with Crippen molar-refractivity contribution in [2.75, 3.05) is 0 Å². The zero-order chi connectivity index (χ0) is 15.5. The summed E-state index contributed by atoms with van der Waals surface area (Å²) in [5.74, 6) is -0.342. The molecule has 3 rings (SSSR count). The second-order valence-corrected chi connectivity index (χ2v) is 6.09. The molecule has 0 bridgehead atoms. The van der Waals surface area contributed by atoms with Crippen LogP contribution in [0.1, 0.15) is 27.3 Å². The average Bonchev–Trinajstić information content (AvgIpc) is 3.00. The van der Waals surface area contributed by atoms with Gasteiger partial charge in [-0.15, -0.1) is 11.3 Å². The standard InChI is InChI=1S/C16H15N3O2S/c1-2-10-7-8-11(22-10)9-17-16(21)14-18-13-6-4-3-5-12(13)15(20)19-14/h3-8H,2,9H2,1H3,(H,17,21)(H,18,19,20). The molecule has 112 valence electrons. The molecule has 1 amide bonds. The van der Waals surface area contributed by atoms with E-state index in [4.69, 9.17) is 0 Å². The van der Waals surface area contributed by atoms with Gasteiger partial charge in [-0.1, -0.05) is 19.1 Å². The number of aromatic amines is 1. The molecule has 5 nitrogen and oxygen atoms in total. The van der Waals surface area contributed by atoms with Crippen LogP contribution in [-0.4, -0.2) is 15.9 Å². The molecule has 22 heavy (non-hydrogen) atoms. The van der Waals surface area contributed by atoms with E-state index in [0.717, 1.165) is 11.3 Å². The molecular formula is C16H15N3O2S. The van der Waals surface area contributed by atoms with Gasteiger partial charge in [0.1, 0.15) is 0 Å². The molecule has 0 aliphatic rings. The van der Waals surface area contributed by atoms with Gasteiger partial charge in [0.2, 0.25) is 0 Å². The van der Waals surface area contributed by atoms with Crippen molar-refractivity contribution in [2.45, 2.75) is 19.9 Å². The van der Waals surface area contributed by atoms with E-state index in [9.17, 15) is 9.59 Å². The van der Waals surface area contributed by atoms with E-state index in [2.05, 4.69) is 28.3 Å². The molecule has 6 heteroatoms. The Labute approximate surface area is 131 Å². The lowest BCUT2D eigenvalue weighted by Crippen LogP contribution is -2.27. The minimum Gasteiger partial charge on any atom is -0.344 e. The number of carbonyl (C=O) groups excluding carboxylic acids is 1. The minimum absolute atomic E-state index is 0.0379. The summed E-state index contributed by atoms with van der Waals surface area (Å²) in [6.07, 6.45) is 0.984. The number of rotatable bonds is 4. The number of aromatic nitrogens is 2. The van der Waals surface area contributed by atoms with Gasteiger partial charge in [0, 0.05) is 9.75 Å². The molecule has 2 N–H and O–H groups in total. The lowest BCUT2D eigenvalue weighted by Gasteiger charge is -2.04. The normalized spacial score (nSPS) is 10.8. The van der Waals surface area contributed by atoms with Crippen molar-refractivity contribution in [1.29, 1.82) is 0 Å². The summed E-state index contributed by atoms with van der Waals surface area (Å²) in [5, 5.41) is 3.26. The Morgan fingerprint density at radius 3 is 2.77 bits per heavy atom. The van der Waals surface area contributed by atoms with Gasteiger partial charge in [-0.3, -0.25) is 9.59 Å². The Balaban J connectivity index is 1.78. The van der Waals surface area contributed by atoms with Crippen LogP contribution < -0.4 is 10.9 Å². The summed E-state index contributed by atoms with van der Waals surface area (Å²) in [6, 6.07) is 11.0. The van der Waals surface area contributed by atoms with Crippen LogP contribution in [0.5, 0.6) is 0 Å². The fourth-order valence-electron chi connectivity index (χ4n) is 2.15. The van der Waals surface area contributed by atoms with Gasteiger partial charge in [0.05, 0.1) is 17.4 Å². The quantitative estimate of drug-likeness (QED) is 0.777. The lowest BCUT2D eigenvalue weighted by molar-refractivity contribution is 0.0941. The van der Waals surface area contributed by atoms with Crippen molar-refractivity contribution in [1.82, 2.24) is 15.3 Å². The number of nitrogens with zero attached hydrogens (tertiary/aromatic N) is 1. The Hall–Kier alpha value is -2.47. The third-order valence-electron chi connectivity index (χ3n) is 3.32. The summed E-state index contributed by atoms with van der Waals surface area (Å²) in [5.41, 5.74) is 0.209. The van der Waals surface area contributed by atoms with Gasteiger partial charge in [-0.2, -0.15) is 0 Å². The van der Waals surface area contributed by atoms with Crippen molar-refractivity contribution in [2.24, 2.45) is 0 Å². The number of fused-ring (bicyclic) bond motifs is 1. The second kappa shape index (κ2) is 6.11. The van der Waals surface area contributed by atoms with Crippen LogP contribution in [0.25, 0.3) is 10.9 Å². The molecule has 0 fully saturated rings. The predicted octanol–water partition coefficient (Wildman–Crippen LogP) is 2.48. The SMILES string of the molecule is CCc1ccc(CNC(=O)c2nc3ccccc3c(=O)[nH]2)s1. The highest BCUT2D eigenvalue weighted by molar-refractivity contribution is 7.11. The lowest BCUT2D eigenvalue weighted by atomic mass is 10.2. The van der Waals surface area contributed by atoms with Gasteiger partial charge in [0.25, 0.3) is 11.5 Å². The molecule has 0 unspecified atom stereocenters. The van der Waals surface area contributed by atoms with Crippen molar-refractivity contribution >= 4 is 28.1 Å². The molecular weight excluding hydrogens is 298 g/mol. The molecule has 2 aromatic heterocycles. The van der Waals surface area contributed by atoms with Crippen molar-refractivity contribution in [3.8, 4) is 0 Å². The Bertz CT molecular complexity index is 882. The van der Waals surface area contributed by atoms with E-state index in [1.54, 1.807) is 35.6 Å². The summed E-state index contributed by atoms with van der Waals surface area (Å²) in [7, 11) is 0. The fraction of sp³-hybridized carbons (Fsp3) is 0.188. The van der Waals surface area contributed by atoms with Crippen molar-refractivity contribution in [3.05, 3.63) is 62.3 Å². The number of para-hydroxylation sites is 1. The highest BCUT2D eigenvalue weighted by Crippen LogP contribution is 2.16. The number of benzene rings is 1. The minimum atomic E-state index is -0.380. The van der Waals surface area contributed by atoms with Gasteiger partial charge in [0.15, 0.2) is 5.82 Å². The monoisotopic (exact) mass is 313 g/mol. The number of hydrogen-bond donors (Lipinski definition) is 2. The second-order valence-electron chi connectivity index (χ2n) is 4.84. The third-order valence-corrected chi connectivity index (χ3v) is 4.55. The fourth-order valence-corrected chi connectivity index (χ4v) is 3.05. The molecule has 0 aliphatic carbocycles. The highest BCUT2D eigenvalue weighted by Gasteiger charge is 2.11. The predicted molar refractivity (Wildman–Crippen MR) is 87.2 cm³/mol. The number of amides is 1. The van der Waals surface area contributed by atoms with E-state index in [0.29, 0.717) is 17.4 Å². The summed E-state index contributed by atoms with van der Waals surface area (Å²) in [4.78, 5) is 33.2. The molecule has 0 radical (unpaired) electrons. The van der Waals surface area contributed by atoms with E-state index >= 15 is 0 Å². The number of nitrogens with one attached hydrogen (secondary N) is 2. The number of H-pyrrole nitrogens is 1. The molecule has 0 atom stereocenters. The first kappa shape index (κ1) is 14.5. The first-order valence-corrected chi connectivity index (χ1v) is 7.84. The average molecular weight is 313 g/mol. The highest BCUT2D eigenvalue weighted by atomic mass is 32.1. The third kappa shape index (κ3) is 2.92. The maximum Gasteiger partial charge on any atom is 0.287 e. The van der Waals surface area contributed by atoms with E-state index in [1.807, 2.05) is 6.07 Å². The van der Waals surface area contributed by atoms with Crippen LogP contribution in [-0.2, 0) is 13.0 Å². The van der Waals surface area contributed by atoms with Crippen LogP contribution in [0.3, 0.4) is 0 Å². The number of aryl methyl sites for hydroxylation is 1. The van der Waals surface area contributed by atoms with Crippen LogP contribution in [0.15, 0.2) is 41.2 Å². The Kier molecular flexibility index (Phi) is 4.02. The zero-order valence-electron chi connectivity index (χ0n) is 12.1. The van der Waals surface area contributed by atoms with E-state index in [-0.39, 0.29) is 17.3 Å². The number of thiophene rings is 1. The Morgan fingerprint density at radius 2 is 2.00 bits per heavy atom. The maximum atomic E-state index is 12.2. The molecule has 1 aromatic carbocycles. The number of hydrogen-bond acceptors (Lipinski definition) is 4.